The van der Waals surface area contributed by atoms with Crippen LogP contribution < -0.4 is 19.1 Å². The molecule has 2 rings (SSSR count). The molecule has 118 valence electrons. The van der Waals surface area contributed by atoms with Gasteiger partial charge in [-0.15, -0.1) is 0 Å². The zero-order chi connectivity index (χ0) is 15.9. The Morgan fingerprint density at radius 2 is 1.64 bits per heavy atom. The molecule has 0 aliphatic rings. The van der Waals surface area contributed by atoms with E-state index >= 15 is 0 Å². The Kier molecular flexibility index (Phi) is 5.95. The summed E-state index contributed by atoms with van der Waals surface area (Å²) in [6, 6.07) is 13.7. The second-order valence-electron chi connectivity index (χ2n) is 4.76. The monoisotopic (exact) mass is 365 g/mol. The van der Waals surface area contributed by atoms with Crippen LogP contribution in [0.3, 0.4) is 0 Å². The van der Waals surface area contributed by atoms with E-state index in [9.17, 15) is 0 Å². The highest BCUT2D eigenvalue weighted by molar-refractivity contribution is 9.10. The fourth-order valence-electron chi connectivity index (χ4n) is 2.02. The van der Waals surface area contributed by atoms with Gasteiger partial charge in [-0.2, -0.15) is 0 Å². The van der Waals surface area contributed by atoms with Crippen molar-refractivity contribution in [2.45, 2.75) is 0 Å². The van der Waals surface area contributed by atoms with E-state index in [-0.39, 0.29) is 0 Å². The van der Waals surface area contributed by atoms with Crippen LogP contribution in [0, 0.1) is 0 Å². The van der Waals surface area contributed by atoms with Crippen LogP contribution in [0.2, 0.25) is 0 Å². The van der Waals surface area contributed by atoms with Gasteiger partial charge in [0, 0.05) is 23.3 Å². The van der Waals surface area contributed by atoms with E-state index in [1.807, 2.05) is 49.5 Å². The molecule has 0 N–H and O–H groups in total. The van der Waals surface area contributed by atoms with E-state index in [1.165, 1.54) is 0 Å². The number of halogens is 1. The van der Waals surface area contributed by atoms with E-state index < -0.39 is 0 Å². The molecular formula is C17H20BrNO3. The van der Waals surface area contributed by atoms with Gasteiger partial charge in [0.2, 0.25) is 0 Å². The smallest absolute Gasteiger partial charge is 0.162 e. The van der Waals surface area contributed by atoms with Crippen molar-refractivity contribution in [3.8, 4) is 17.2 Å². The molecule has 0 radical (unpaired) electrons. The highest BCUT2D eigenvalue weighted by Gasteiger charge is 2.07. The summed E-state index contributed by atoms with van der Waals surface area (Å²) < 4.78 is 17.4. The normalized spacial score (nSPS) is 10.2. The molecule has 0 spiro atoms. The van der Waals surface area contributed by atoms with Gasteiger partial charge in [0.25, 0.3) is 0 Å². The van der Waals surface area contributed by atoms with Gasteiger partial charge < -0.3 is 19.1 Å². The van der Waals surface area contributed by atoms with Crippen molar-refractivity contribution in [3.05, 3.63) is 46.9 Å². The summed E-state index contributed by atoms with van der Waals surface area (Å²) in [4.78, 5) is 2.11. The van der Waals surface area contributed by atoms with Crippen molar-refractivity contribution in [3.63, 3.8) is 0 Å². The maximum absolute atomic E-state index is 5.74. The summed E-state index contributed by atoms with van der Waals surface area (Å²) in [5.41, 5.74) is 1.05. The Morgan fingerprint density at radius 1 is 0.955 bits per heavy atom. The first-order chi connectivity index (χ1) is 10.6. The fraction of sp³-hybridized carbons (Fsp3) is 0.294. The Balaban J connectivity index is 1.91. The first-order valence-corrected chi connectivity index (χ1v) is 7.75. The lowest BCUT2D eigenvalue weighted by molar-refractivity contribution is 0.325. The van der Waals surface area contributed by atoms with E-state index in [0.29, 0.717) is 6.61 Å². The van der Waals surface area contributed by atoms with Crippen LogP contribution in [0.25, 0.3) is 0 Å². The van der Waals surface area contributed by atoms with Crippen molar-refractivity contribution in [1.82, 2.24) is 0 Å². The van der Waals surface area contributed by atoms with Gasteiger partial charge >= 0.3 is 0 Å². The van der Waals surface area contributed by atoms with Gasteiger partial charge in [-0.05, 0) is 36.4 Å². The van der Waals surface area contributed by atoms with E-state index in [1.54, 1.807) is 14.2 Å². The molecule has 0 aromatic heterocycles. The quantitative estimate of drug-likeness (QED) is 0.742. The molecule has 0 saturated heterocycles. The molecule has 22 heavy (non-hydrogen) atoms. The van der Waals surface area contributed by atoms with Crippen LogP contribution in [0.1, 0.15) is 0 Å². The lowest BCUT2D eigenvalue weighted by atomic mass is 10.2. The second kappa shape index (κ2) is 7.94. The SMILES string of the molecule is COc1ccc(N(C)CCOc2ccc(Br)cc2)cc1OC. The molecule has 0 atom stereocenters. The average molecular weight is 366 g/mol. The summed E-state index contributed by atoms with van der Waals surface area (Å²) in [6.07, 6.45) is 0. The Morgan fingerprint density at radius 3 is 2.27 bits per heavy atom. The standard InChI is InChI=1S/C17H20BrNO3/c1-19(10-11-22-15-7-4-13(18)5-8-15)14-6-9-16(20-2)17(12-14)21-3/h4-9,12H,10-11H2,1-3H3. The van der Waals surface area contributed by atoms with E-state index in [4.69, 9.17) is 14.2 Å². The Bertz CT molecular complexity index is 601. The summed E-state index contributed by atoms with van der Waals surface area (Å²) in [6.45, 7) is 1.37. The van der Waals surface area contributed by atoms with Crippen LogP contribution in [0.15, 0.2) is 46.9 Å². The van der Waals surface area contributed by atoms with Gasteiger partial charge in [0.05, 0.1) is 20.8 Å². The summed E-state index contributed by atoms with van der Waals surface area (Å²) in [5, 5.41) is 0. The van der Waals surface area contributed by atoms with Crippen molar-refractivity contribution in [1.29, 1.82) is 0 Å². The van der Waals surface area contributed by atoms with Crippen molar-refractivity contribution in [2.24, 2.45) is 0 Å². The van der Waals surface area contributed by atoms with Gasteiger partial charge in [0.15, 0.2) is 11.5 Å². The van der Waals surface area contributed by atoms with Crippen LogP contribution in [-0.2, 0) is 0 Å². The number of ether oxygens (including phenoxy) is 3. The first-order valence-electron chi connectivity index (χ1n) is 6.95. The molecule has 0 heterocycles. The second-order valence-corrected chi connectivity index (χ2v) is 5.68. The van der Waals surface area contributed by atoms with E-state index in [0.717, 1.165) is 34.0 Å². The minimum absolute atomic E-state index is 0.604. The molecule has 2 aromatic carbocycles. The largest absolute Gasteiger partial charge is 0.493 e. The van der Waals surface area contributed by atoms with Crippen molar-refractivity contribution >= 4 is 21.6 Å². The third-order valence-electron chi connectivity index (χ3n) is 3.32. The predicted octanol–water partition coefficient (Wildman–Crippen LogP) is 3.98. The number of rotatable bonds is 7. The molecule has 4 nitrogen and oxygen atoms in total. The highest BCUT2D eigenvalue weighted by Crippen LogP contribution is 2.31. The molecule has 0 aliphatic heterocycles. The lowest BCUT2D eigenvalue weighted by Crippen LogP contribution is -2.23. The zero-order valence-corrected chi connectivity index (χ0v) is 14.6. The fourth-order valence-corrected chi connectivity index (χ4v) is 2.29. The average Bonchev–Trinajstić information content (AvgIpc) is 2.55. The maximum Gasteiger partial charge on any atom is 0.162 e. The van der Waals surface area contributed by atoms with Gasteiger partial charge in [0.1, 0.15) is 12.4 Å². The molecule has 5 heteroatoms. The molecular weight excluding hydrogens is 346 g/mol. The molecule has 0 bridgehead atoms. The highest BCUT2D eigenvalue weighted by atomic mass is 79.9. The summed E-state index contributed by atoms with van der Waals surface area (Å²) in [5.74, 6) is 2.32. The van der Waals surface area contributed by atoms with Crippen molar-refractivity contribution < 1.29 is 14.2 Å². The molecule has 0 fully saturated rings. The minimum Gasteiger partial charge on any atom is -0.493 e. The summed E-state index contributed by atoms with van der Waals surface area (Å²) >= 11 is 3.41. The van der Waals surface area contributed by atoms with Crippen LogP contribution in [0.5, 0.6) is 17.2 Å². The van der Waals surface area contributed by atoms with E-state index in [2.05, 4.69) is 20.8 Å². The maximum atomic E-state index is 5.74. The number of nitrogens with zero attached hydrogens (tertiary/aromatic N) is 1. The Labute approximate surface area is 139 Å². The predicted molar refractivity (Wildman–Crippen MR) is 92.5 cm³/mol. The van der Waals surface area contributed by atoms with Crippen LogP contribution in [0.4, 0.5) is 5.69 Å². The first kappa shape index (κ1) is 16.5. The number of hydrogen-bond acceptors (Lipinski definition) is 4. The summed E-state index contributed by atoms with van der Waals surface area (Å²) in [7, 11) is 5.29. The minimum atomic E-state index is 0.604. The topological polar surface area (TPSA) is 30.9 Å². The molecule has 0 aliphatic carbocycles. The molecule has 0 unspecified atom stereocenters. The molecule has 0 saturated carbocycles. The van der Waals surface area contributed by atoms with Gasteiger partial charge in [-0.25, -0.2) is 0 Å². The number of anilines is 1. The Hall–Kier alpha value is -1.88. The van der Waals surface area contributed by atoms with Crippen LogP contribution >= 0.6 is 15.9 Å². The number of likely N-dealkylation sites (N-methyl/N-ethyl adjacent to an activating group) is 1. The zero-order valence-electron chi connectivity index (χ0n) is 13.0. The van der Waals surface area contributed by atoms with Gasteiger partial charge in [-0.3, -0.25) is 0 Å². The van der Waals surface area contributed by atoms with Crippen LogP contribution in [-0.4, -0.2) is 34.4 Å². The lowest BCUT2D eigenvalue weighted by Gasteiger charge is -2.21. The number of hydrogen-bond donors (Lipinski definition) is 0. The van der Waals surface area contributed by atoms with Crippen molar-refractivity contribution in [2.75, 3.05) is 39.3 Å². The number of benzene rings is 2. The van der Waals surface area contributed by atoms with Gasteiger partial charge in [-0.1, -0.05) is 15.9 Å². The molecule has 0 amide bonds. The molecule has 2 aromatic rings. The third-order valence-corrected chi connectivity index (χ3v) is 3.85. The number of methoxy groups -OCH3 is 2. The third kappa shape index (κ3) is 4.31.